The molecule has 1 aliphatic heterocycles. The van der Waals surface area contributed by atoms with Crippen molar-refractivity contribution in [3.8, 4) is 0 Å². The molecule has 0 aromatic rings. The largest absolute Gasteiger partial charge is 0.444 e. The van der Waals surface area contributed by atoms with Crippen LogP contribution in [0.4, 0.5) is 4.79 Å². The van der Waals surface area contributed by atoms with Crippen molar-refractivity contribution in [2.24, 2.45) is 10.4 Å². The van der Waals surface area contributed by atoms with Crippen LogP contribution in [0, 0.1) is 5.41 Å². The van der Waals surface area contributed by atoms with Crippen LogP contribution in [0.5, 0.6) is 0 Å². The van der Waals surface area contributed by atoms with Crippen LogP contribution in [-0.2, 0) is 4.74 Å². The van der Waals surface area contributed by atoms with Crippen LogP contribution < -0.4 is 16.0 Å². The molecule has 1 heterocycles. The summed E-state index contributed by atoms with van der Waals surface area (Å²) in [4.78, 5) is 16.1. The molecule has 0 radical (unpaired) electrons. The number of carbonyl (C=O) groups excluding carboxylic acids is 1. The van der Waals surface area contributed by atoms with Gasteiger partial charge >= 0.3 is 6.09 Å². The molecule has 0 aromatic heterocycles. The quantitative estimate of drug-likeness (QED) is 0.211. The van der Waals surface area contributed by atoms with Gasteiger partial charge in [-0.05, 0) is 33.6 Å². The Balaban J connectivity index is 0.00000841. The van der Waals surface area contributed by atoms with Crippen molar-refractivity contribution in [1.29, 1.82) is 0 Å². The third-order valence-electron chi connectivity index (χ3n) is 4.96. The van der Waals surface area contributed by atoms with E-state index in [2.05, 4.69) is 34.8 Å². The lowest BCUT2D eigenvalue weighted by molar-refractivity contribution is 0.0527. The predicted octanol–water partition coefficient (Wildman–Crippen LogP) is 5.61. The van der Waals surface area contributed by atoms with Gasteiger partial charge in [0.05, 0.1) is 0 Å². The first-order valence-electron chi connectivity index (χ1n) is 11.7. The van der Waals surface area contributed by atoms with Crippen molar-refractivity contribution >= 4 is 36.0 Å². The minimum absolute atomic E-state index is 0. The fourth-order valence-corrected chi connectivity index (χ4v) is 3.22. The van der Waals surface area contributed by atoms with E-state index in [9.17, 15) is 4.79 Å². The Kier molecular flexibility index (Phi) is 15.6. The van der Waals surface area contributed by atoms with Crippen molar-refractivity contribution in [2.45, 2.75) is 104 Å². The third kappa shape index (κ3) is 17.0. The first-order valence-corrected chi connectivity index (χ1v) is 11.7. The topological polar surface area (TPSA) is 74.8 Å². The number of carbonyl (C=O) groups is 1. The highest BCUT2D eigenvalue weighted by molar-refractivity contribution is 14.0. The molecule has 6 nitrogen and oxygen atoms in total. The minimum atomic E-state index is -0.417. The van der Waals surface area contributed by atoms with Crippen LogP contribution in [0.25, 0.3) is 0 Å². The van der Waals surface area contributed by atoms with Gasteiger partial charge < -0.3 is 20.7 Å². The van der Waals surface area contributed by atoms with Gasteiger partial charge in [0.25, 0.3) is 0 Å². The predicted molar refractivity (Wildman–Crippen MR) is 138 cm³/mol. The first-order chi connectivity index (χ1) is 13.7. The number of hydrogen-bond donors (Lipinski definition) is 3. The molecule has 0 spiro atoms. The van der Waals surface area contributed by atoms with Crippen LogP contribution in [0.15, 0.2) is 4.99 Å². The van der Waals surface area contributed by atoms with E-state index >= 15 is 0 Å². The summed E-state index contributed by atoms with van der Waals surface area (Å²) in [7, 11) is 0. The molecule has 3 N–H and O–H groups in total. The fraction of sp³-hybridized carbons (Fsp3) is 0.913. The first kappa shape index (κ1) is 29.3. The summed E-state index contributed by atoms with van der Waals surface area (Å²) < 4.78 is 5.22. The van der Waals surface area contributed by atoms with Crippen molar-refractivity contribution in [3.05, 3.63) is 0 Å². The van der Waals surface area contributed by atoms with Gasteiger partial charge in [0.2, 0.25) is 0 Å². The number of hydrogen-bond acceptors (Lipinski definition) is 5. The van der Waals surface area contributed by atoms with Crippen LogP contribution >= 0.6 is 24.0 Å². The van der Waals surface area contributed by atoms with E-state index in [1.165, 1.54) is 57.8 Å². The van der Waals surface area contributed by atoms with Crippen LogP contribution in [0.1, 0.15) is 98.8 Å². The van der Waals surface area contributed by atoms with E-state index < -0.39 is 5.60 Å². The average molecular weight is 539 g/mol. The molecule has 0 aromatic carbocycles. The summed E-state index contributed by atoms with van der Waals surface area (Å²) in [6.45, 7) is 13.8. The number of guanidine groups is 1. The van der Waals surface area contributed by atoms with Gasteiger partial charge in [0, 0.05) is 31.6 Å². The van der Waals surface area contributed by atoms with Gasteiger partial charge in [-0.2, -0.15) is 0 Å². The zero-order valence-corrected chi connectivity index (χ0v) is 22.4. The Morgan fingerprint density at radius 1 is 0.967 bits per heavy atom. The Labute approximate surface area is 202 Å². The van der Waals surface area contributed by atoms with Gasteiger partial charge in [-0.25, -0.2) is 4.79 Å². The SMILES string of the molecule is CC1(C)CN=C(NCCCCCCCCCCCCNC(=O)OC(C)(C)C)NC1.I. The monoisotopic (exact) mass is 538 g/mol. The van der Waals surface area contributed by atoms with Crippen LogP contribution in [-0.4, -0.2) is 43.8 Å². The van der Waals surface area contributed by atoms with E-state index in [-0.39, 0.29) is 35.5 Å². The van der Waals surface area contributed by atoms with Crippen molar-refractivity contribution in [1.82, 2.24) is 16.0 Å². The van der Waals surface area contributed by atoms with Gasteiger partial charge in [-0.3, -0.25) is 4.99 Å². The Morgan fingerprint density at radius 3 is 1.93 bits per heavy atom. The lowest BCUT2D eigenvalue weighted by atomic mass is 9.93. The minimum Gasteiger partial charge on any atom is -0.444 e. The van der Waals surface area contributed by atoms with Crippen LogP contribution in [0.3, 0.4) is 0 Å². The number of alkyl carbamates (subject to hydrolysis) is 1. The maximum atomic E-state index is 11.5. The second kappa shape index (κ2) is 16.0. The normalized spacial score (nSPS) is 15.4. The molecule has 7 heteroatoms. The summed E-state index contributed by atoms with van der Waals surface area (Å²) in [5.74, 6) is 0.977. The molecule has 0 bridgehead atoms. The molecule has 1 amide bonds. The molecule has 30 heavy (non-hydrogen) atoms. The van der Waals surface area contributed by atoms with Crippen molar-refractivity contribution < 1.29 is 9.53 Å². The molecule has 0 aliphatic carbocycles. The Hall–Kier alpha value is -0.730. The van der Waals surface area contributed by atoms with Gasteiger partial charge in [0.1, 0.15) is 5.60 Å². The van der Waals surface area contributed by atoms with Crippen molar-refractivity contribution in [3.63, 3.8) is 0 Å². The van der Waals surface area contributed by atoms with E-state index in [0.29, 0.717) is 6.54 Å². The number of nitrogens with one attached hydrogen (secondary N) is 3. The summed E-state index contributed by atoms with van der Waals surface area (Å²) in [6.07, 6.45) is 12.3. The molecule has 0 saturated heterocycles. The molecular weight excluding hydrogens is 491 g/mol. The standard InChI is InChI=1S/C23H46N4O2.HI/c1-22(2,3)29-21(28)25-17-15-13-11-9-7-6-8-10-12-14-16-24-20-26-18-23(4,5)19-27-20;/h6-19H2,1-5H3,(H,25,28)(H2,24,26,27);1H. The molecule has 0 saturated carbocycles. The molecule has 0 atom stereocenters. The van der Waals surface area contributed by atoms with Crippen molar-refractivity contribution in [2.75, 3.05) is 26.2 Å². The number of rotatable bonds is 13. The highest BCUT2D eigenvalue weighted by Gasteiger charge is 2.21. The number of amides is 1. The Bertz CT molecular complexity index is 490. The molecule has 1 aliphatic rings. The second-order valence-corrected chi connectivity index (χ2v) is 10.1. The van der Waals surface area contributed by atoms with E-state index in [0.717, 1.165) is 32.0 Å². The van der Waals surface area contributed by atoms with E-state index in [1.54, 1.807) is 0 Å². The second-order valence-electron chi connectivity index (χ2n) is 10.1. The number of aliphatic imine (C=N–C) groups is 1. The number of nitrogens with zero attached hydrogens (tertiary/aromatic N) is 1. The molecule has 1 rings (SSSR count). The lowest BCUT2D eigenvalue weighted by Gasteiger charge is -2.29. The summed E-state index contributed by atoms with van der Waals surface area (Å²) in [5, 5.41) is 9.62. The molecule has 178 valence electrons. The smallest absolute Gasteiger partial charge is 0.407 e. The Morgan fingerprint density at radius 2 is 1.47 bits per heavy atom. The number of ether oxygens (including phenoxy) is 1. The number of unbranched alkanes of at least 4 members (excludes halogenated alkanes) is 9. The van der Waals surface area contributed by atoms with Crippen LogP contribution in [0.2, 0.25) is 0 Å². The molecule has 0 fully saturated rings. The number of halogens is 1. The maximum absolute atomic E-state index is 11.5. The lowest BCUT2D eigenvalue weighted by Crippen LogP contribution is -2.47. The highest BCUT2D eigenvalue weighted by atomic mass is 127. The van der Waals surface area contributed by atoms with Gasteiger partial charge in [-0.15, -0.1) is 24.0 Å². The summed E-state index contributed by atoms with van der Waals surface area (Å²) in [6, 6.07) is 0. The van der Waals surface area contributed by atoms with E-state index in [4.69, 9.17) is 4.74 Å². The van der Waals surface area contributed by atoms with E-state index in [1.807, 2.05) is 20.8 Å². The summed E-state index contributed by atoms with van der Waals surface area (Å²) in [5.41, 5.74) is -0.137. The highest BCUT2D eigenvalue weighted by Crippen LogP contribution is 2.16. The zero-order chi connectivity index (χ0) is 21.6. The molecular formula is C23H47IN4O2. The zero-order valence-electron chi connectivity index (χ0n) is 20.1. The van der Waals surface area contributed by atoms with Gasteiger partial charge in [0.15, 0.2) is 5.96 Å². The average Bonchev–Trinajstić information content (AvgIpc) is 2.61. The molecule has 0 unspecified atom stereocenters. The third-order valence-corrected chi connectivity index (χ3v) is 4.96. The maximum Gasteiger partial charge on any atom is 0.407 e. The summed E-state index contributed by atoms with van der Waals surface area (Å²) >= 11 is 0. The van der Waals surface area contributed by atoms with Gasteiger partial charge in [-0.1, -0.05) is 65.2 Å². The fourth-order valence-electron chi connectivity index (χ4n) is 3.22.